The number of nitrogens with zero attached hydrogens (tertiary/aromatic N) is 1. The molecule has 0 aromatic carbocycles. The van der Waals surface area contributed by atoms with Gasteiger partial charge in [0.25, 0.3) is 0 Å². The molecule has 0 saturated heterocycles. The largest absolute Gasteiger partial charge is 0.249 e. The van der Waals surface area contributed by atoms with Crippen LogP contribution in [0.15, 0.2) is 6.20 Å². The van der Waals surface area contributed by atoms with Crippen molar-refractivity contribution in [3.8, 4) is 0 Å². The van der Waals surface area contributed by atoms with Gasteiger partial charge in [-0.2, -0.15) is 0 Å². The smallest absolute Gasteiger partial charge is 0.0930 e. The summed E-state index contributed by atoms with van der Waals surface area (Å²) in [5, 5.41) is 1.35. The Balaban J connectivity index is 1.89. The summed E-state index contributed by atoms with van der Waals surface area (Å²) in [6, 6.07) is 0. The highest BCUT2D eigenvalue weighted by atomic mass is 32.1. The Bertz CT molecular complexity index is 261. The third-order valence-corrected chi connectivity index (χ3v) is 3.79. The van der Waals surface area contributed by atoms with Gasteiger partial charge in [-0.05, 0) is 12.8 Å². The van der Waals surface area contributed by atoms with E-state index >= 15 is 0 Å². The molecule has 1 fully saturated rings. The highest BCUT2D eigenvalue weighted by Gasteiger charge is 2.14. The van der Waals surface area contributed by atoms with Crippen LogP contribution in [0.4, 0.5) is 0 Å². The molecule has 0 N–H and O–H groups in total. The van der Waals surface area contributed by atoms with Crippen molar-refractivity contribution >= 4 is 11.3 Å². The monoisotopic (exact) mass is 195 g/mol. The fourth-order valence-electron chi connectivity index (χ4n) is 2.13. The van der Waals surface area contributed by atoms with Gasteiger partial charge in [-0.25, -0.2) is 4.98 Å². The zero-order valence-electron chi connectivity index (χ0n) is 8.25. The average molecular weight is 195 g/mol. The molecule has 0 aliphatic heterocycles. The second-order valence-electron chi connectivity index (χ2n) is 4.07. The van der Waals surface area contributed by atoms with Crippen LogP contribution in [0.25, 0.3) is 0 Å². The first-order valence-electron chi connectivity index (χ1n) is 5.26. The molecule has 0 radical (unpaired) electrons. The summed E-state index contributed by atoms with van der Waals surface area (Å²) >= 11 is 1.87. The van der Waals surface area contributed by atoms with E-state index in [9.17, 15) is 0 Å². The molecule has 1 aromatic rings. The topological polar surface area (TPSA) is 12.9 Å². The Labute approximate surface area is 84.2 Å². The minimum atomic E-state index is 0.930. The van der Waals surface area contributed by atoms with Gasteiger partial charge < -0.3 is 0 Å². The van der Waals surface area contributed by atoms with Crippen molar-refractivity contribution in [2.75, 3.05) is 0 Å². The van der Waals surface area contributed by atoms with Crippen molar-refractivity contribution in [2.24, 2.45) is 5.92 Å². The van der Waals surface area contributed by atoms with Gasteiger partial charge in [0.05, 0.1) is 5.01 Å². The molecule has 0 spiro atoms. The van der Waals surface area contributed by atoms with E-state index in [0.717, 1.165) is 5.92 Å². The number of hydrogen-bond donors (Lipinski definition) is 0. The molecule has 0 unspecified atom stereocenters. The van der Waals surface area contributed by atoms with Crippen LogP contribution in [-0.4, -0.2) is 4.98 Å². The molecule has 2 heteroatoms. The first-order valence-corrected chi connectivity index (χ1v) is 6.07. The summed E-state index contributed by atoms with van der Waals surface area (Å²) in [7, 11) is 0. The summed E-state index contributed by atoms with van der Waals surface area (Å²) < 4.78 is 0. The zero-order chi connectivity index (χ0) is 9.10. The number of aromatic nitrogens is 1. The average Bonchev–Trinajstić information content (AvgIpc) is 2.53. The molecule has 0 bridgehead atoms. The maximum Gasteiger partial charge on any atom is 0.0930 e. The van der Waals surface area contributed by atoms with Crippen LogP contribution >= 0.6 is 11.3 Å². The van der Waals surface area contributed by atoms with Crippen molar-refractivity contribution in [3.63, 3.8) is 0 Å². The SMILES string of the molecule is Cc1cnc(CC2CCCCC2)s1. The van der Waals surface area contributed by atoms with Gasteiger partial charge >= 0.3 is 0 Å². The second kappa shape index (κ2) is 4.23. The molecule has 0 amide bonds. The van der Waals surface area contributed by atoms with Gasteiger partial charge in [0, 0.05) is 17.5 Å². The molecule has 1 aliphatic rings. The predicted octanol–water partition coefficient (Wildman–Crippen LogP) is 3.57. The second-order valence-corrected chi connectivity index (χ2v) is 5.39. The van der Waals surface area contributed by atoms with Crippen molar-refractivity contribution in [3.05, 3.63) is 16.1 Å². The first kappa shape index (κ1) is 9.20. The summed E-state index contributed by atoms with van der Waals surface area (Å²) in [5.41, 5.74) is 0. The maximum atomic E-state index is 4.43. The molecule has 1 saturated carbocycles. The van der Waals surface area contributed by atoms with Crippen molar-refractivity contribution in [1.29, 1.82) is 0 Å². The molecule has 1 nitrogen and oxygen atoms in total. The van der Waals surface area contributed by atoms with Gasteiger partial charge in [-0.3, -0.25) is 0 Å². The Morgan fingerprint density at radius 3 is 2.77 bits per heavy atom. The normalized spacial score (nSPS) is 19.2. The van der Waals surface area contributed by atoms with Crippen LogP contribution in [-0.2, 0) is 6.42 Å². The Hall–Kier alpha value is -0.370. The molecular weight excluding hydrogens is 178 g/mol. The Kier molecular flexibility index (Phi) is 2.99. The van der Waals surface area contributed by atoms with Gasteiger partial charge in [-0.1, -0.05) is 32.1 Å². The Morgan fingerprint density at radius 1 is 1.38 bits per heavy atom. The molecular formula is C11H17NS. The minimum Gasteiger partial charge on any atom is -0.249 e. The quantitative estimate of drug-likeness (QED) is 0.703. The number of aryl methyl sites for hydroxylation is 1. The molecule has 1 heterocycles. The van der Waals surface area contributed by atoms with Crippen LogP contribution in [0.2, 0.25) is 0 Å². The minimum absolute atomic E-state index is 0.930. The van der Waals surface area contributed by atoms with Crippen LogP contribution < -0.4 is 0 Å². The van der Waals surface area contributed by atoms with Crippen molar-refractivity contribution in [2.45, 2.75) is 45.4 Å². The summed E-state index contributed by atoms with van der Waals surface area (Å²) in [6.07, 6.45) is 10.4. The van der Waals surface area contributed by atoms with Crippen LogP contribution in [0.1, 0.15) is 42.0 Å². The number of hydrogen-bond acceptors (Lipinski definition) is 2. The summed E-state index contributed by atoms with van der Waals surface area (Å²) in [6.45, 7) is 2.14. The lowest BCUT2D eigenvalue weighted by Crippen LogP contribution is -2.08. The predicted molar refractivity (Wildman–Crippen MR) is 57.1 cm³/mol. The van der Waals surface area contributed by atoms with Crippen LogP contribution in [0, 0.1) is 12.8 Å². The van der Waals surface area contributed by atoms with E-state index in [-0.39, 0.29) is 0 Å². The molecule has 0 atom stereocenters. The number of rotatable bonds is 2. The molecule has 72 valence electrons. The van der Waals surface area contributed by atoms with Crippen molar-refractivity contribution < 1.29 is 0 Å². The third-order valence-electron chi connectivity index (χ3n) is 2.86. The maximum absolute atomic E-state index is 4.43. The molecule has 1 aliphatic carbocycles. The fraction of sp³-hybridized carbons (Fsp3) is 0.727. The lowest BCUT2D eigenvalue weighted by atomic mass is 9.87. The van der Waals surface area contributed by atoms with E-state index in [1.54, 1.807) is 0 Å². The molecule has 2 rings (SSSR count). The van der Waals surface area contributed by atoms with E-state index in [1.165, 1.54) is 48.4 Å². The van der Waals surface area contributed by atoms with E-state index < -0.39 is 0 Å². The summed E-state index contributed by atoms with van der Waals surface area (Å²) in [4.78, 5) is 5.78. The highest BCUT2D eigenvalue weighted by molar-refractivity contribution is 7.11. The van der Waals surface area contributed by atoms with E-state index in [1.807, 2.05) is 17.5 Å². The third kappa shape index (κ3) is 2.53. The van der Waals surface area contributed by atoms with Crippen molar-refractivity contribution in [1.82, 2.24) is 4.98 Å². The van der Waals surface area contributed by atoms with E-state index in [2.05, 4.69) is 11.9 Å². The van der Waals surface area contributed by atoms with Gasteiger partial charge in [0.15, 0.2) is 0 Å². The standard InChI is InChI=1S/C11H17NS/c1-9-8-12-11(13-9)7-10-5-3-2-4-6-10/h8,10H,2-7H2,1H3. The number of thiazole rings is 1. The summed E-state index contributed by atoms with van der Waals surface area (Å²) in [5.74, 6) is 0.930. The molecule has 1 aromatic heterocycles. The fourth-order valence-corrected chi connectivity index (χ4v) is 3.04. The van der Waals surface area contributed by atoms with Gasteiger partial charge in [0.2, 0.25) is 0 Å². The first-order chi connectivity index (χ1) is 6.34. The van der Waals surface area contributed by atoms with Crippen LogP contribution in [0.3, 0.4) is 0 Å². The van der Waals surface area contributed by atoms with E-state index in [0.29, 0.717) is 0 Å². The lowest BCUT2D eigenvalue weighted by molar-refractivity contribution is 0.356. The highest BCUT2D eigenvalue weighted by Crippen LogP contribution is 2.27. The Morgan fingerprint density at radius 2 is 2.15 bits per heavy atom. The molecule has 13 heavy (non-hydrogen) atoms. The van der Waals surface area contributed by atoms with Gasteiger partial charge in [0.1, 0.15) is 0 Å². The zero-order valence-corrected chi connectivity index (χ0v) is 9.07. The van der Waals surface area contributed by atoms with E-state index in [4.69, 9.17) is 0 Å². The lowest BCUT2D eigenvalue weighted by Gasteiger charge is -2.20. The van der Waals surface area contributed by atoms with Crippen LogP contribution in [0.5, 0.6) is 0 Å². The van der Waals surface area contributed by atoms with Gasteiger partial charge in [-0.15, -0.1) is 11.3 Å².